The fraction of sp³-hybridized carbons (Fsp3) is 0.500. The van der Waals surface area contributed by atoms with Gasteiger partial charge in [-0.2, -0.15) is 0 Å². The molecule has 8 heteroatoms. The first-order valence-corrected chi connectivity index (χ1v) is 3.50. The molecule has 0 aliphatic carbocycles. The summed E-state index contributed by atoms with van der Waals surface area (Å²) in [7, 11) is 0. The van der Waals surface area contributed by atoms with Crippen LogP contribution in [0.1, 0.15) is 12.8 Å². The number of hydrogen-bond acceptors (Lipinski definition) is 3. The molecule has 0 aromatic carbocycles. The SMILES string of the molecule is NC(N)=O.O=C1CC[C@@H](C(=O)O)N1.[Na]. The van der Waals surface area contributed by atoms with E-state index in [4.69, 9.17) is 9.90 Å². The van der Waals surface area contributed by atoms with E-state index < -0.39 is 18.0 Å². The first-order chi connectivity index (χ1) is 5.93. The number of carbonyl (C=O) groups is 3. The topological polar surface area (TPSA) is 136 Å². The Labute approximate surface area is 102 Å². The van der Waals surface area contributed by atoms with Crippen LogP contribution >= 0.6 is 0 Å². The van der Waals surface area contributed by atoms with Crippen LogP contribution in [0.5, 0.6) is 0 Å². The van der Waals surface area contributed by atoms with Gasteiger partial charge in [-0.15, -0.1) is 0 Å². The van der Waals surface area contributed by atoms with Crippen LogP contribution in [0.2, 0.25) is 0 Å². The van der Waals surface area contributed by atoms with E-state index in [1.54, 1.807) is 0 Å². The van der Waals surface area contributed by atoms with E-state index in [2.05, 4.69) is 16.8 Å². The number of hydrogen-bond donors (Lipinski definition) is 4. The first kappa shape index (κ1) is 15.7. The standard InChI is InChI=1S/C5H7NO3.CH4N2O.Na/c7-4-2-1-3(6-4)5(8)9;2-1(3)4;/h3H,1-2H2,(H,6,7)(H,8,9);(H4,2,3,4);/t3-;;/m0../s1. The minimum Gasteiger partial charge on any atom is -0.480 e. The van der Waals surface area contributed by atoms with Crippen LogP contribution in [0.25, 0.3) is 0 Å². The quantitative estimate of drug-likeness (QED) is 0.373. The van der Waals surface area contributed by atoms with E-state index in [0.717, 1.165) is 0 Å². The second-order valence-corrected chi connectivity index (χ2v) is 2.40. The molecule has 1 rings (SSSR count). The number of amides is 3. The van der Waals surface area contributed by atoms with Crippen molar-refractivity contribution in [1.29, 1.82) is 0 Å². The Morgan fingerprint density at radius 2 is 1.86 bits per heavy atom. The summed E-state index contributed by atoms with van der Waals surface area (Å²) in [5, 5.41) is 10.6. The zero-order chi connectivity index (χ0) is 10.4. The molecule has 1 fully saturated rings. The molecule has 1 saturated heterocycles. The van der Waals surface area contributed by atoms with Crippen molar-refractivity contribution < 1.29 is 19.5 Å². The average Bonchev–Trinajstić information content (AvgIpc) is 2.34. The van der Waals surface area contributed by atoms with Gasteiger partial charge in [0, 0.05) is 36.0 Å². The fourth-order valence-corrected chi connectivity index (χ4v) is 0.799. The predicted octanol–water partition coefficient (Wildman–Crippen LogP) is -2.01. The second-order valence-electron chi connectivity index (χ2n) is 2.40. The zero-order valence-corrected chi connectivity index (χ0v) is 9.82. The molecule has 1 atom stereocenters. The number of urea groups is 1. The molecule has 0 spiro atoms. The van der Waals surface area contributed by atoms with Gasteiger partial charge in [-0.05, 0) is 6.42 Å². The minimum atomic E-state index is -0.944. The molecule has 1 radical (unpaired) electrons. The molecule has 0 aromatic heterocycles. The number of carboxylic acid groups (broad SMARTS) is 1. The Balaban J connectivity index is 0. The van der Waals surface area contributed by atoms with Gasteiger partial charge in [0.25, 0.3) is 0 Å². The zero-order valence-electron chi connectivity index (χ0n) is 7.82. The van der Waals surface area contributed by atoms with Gasteiger partial charge in [-0.25, -0.2) is 9.59 Å². The van der Waals surface area contributed by atoms with Crippen molar-refractivity contribution in [1.82, 2.24) is 5.32 Å². The number of rotatable bonds is 1. The van der Waals surface area contributed by atoms with Crippen molar-refractivity contribution in [2.45, 2.75) is 18.9 Å². The molecule has 75 valence electrons. The maximum atomic E-state index is 10.4. The third-order valence-corrected chi connectivity index (χ3v) is 1.29. The van der Waals surface area contributed by atoms with Crippen LogP contribution in [-0.4, -0.2) is 58.6 Å². The van der Waals surface area contributed by atoms with Crippen molar-refractivity contribution in [3.05, 3.63) is 0 Å². The maximum Gasteiger partial charge on any atom is 0.326 e. The Kier molecular flexibility index (Phi) is 8.51. The summed E-state index contributed by atoms with van der Waals surface area (Å²) in [6.07, 6.45) is 0.769. The molecular weight excluding hydrogens is 201 g/mol. The second kappa shape index (κ2) is 7.60. The molecule has 0 bridgehead atoms. The Hall–Kier alpha value is -0.790. The maximum absolute atomic E-state index is 10.4. The van der Waals surface area contributed by atoms with Crippen molar-refractivity contribution >= 4 is 47.5 Å². The smallest absolute Gasteiger partial charge is 0.326 e. The van der Waals surface area contributed by atoms with Gasteiger partial charge in [0.15, 0.2) is 0 Å². The van der Waals surface area contributed by atoms with Crippen LogP contribution in [0.4, 0.5) is 4.79 Å². The van der Waals surface area contributed by atoms with Crippen molar-refractivity contribution in [2.24, 2.45) is 11.5 Å². The summed E-state index contributed by atoms with van der Waals surface area (Å²) >= 11 is 0. The van der Waals surface area contributed by atoms with Crippen LogP contribution in [-0.2, 0) is 9.59 Å². The van der Waals surface area contributed by atoms with Crippen LogP contribution in [0.3, 0.4) is 0 Å². The van der Waals surface area contributed by atoms with Crippen molar-refractivity contribution in [3.63, 3.8) is 0 Å². The molecule has 1 heterocycles. The third kappa shape index (κ3) is 7.84. The van der Waals surface area contributed by atoms with Gasteiger partial charge in [-0.1, -0.05) is 0 Å². The largest absolute Gasteiger partial charge is 0.480 e. The average molecular weight is 212 g/mol. The van der Waals surface area contributed by atoms with Crippen LogP contribution < -0.4 is 16.8 Å². The Bertz CT molecular complexity index is 229. The predicted molar refractivity (Wildman–Crippen MR) is 48.3 cm³/mol. The van der Waals surface area contributed by atoms with E-state index in [-0.39, 0.29) is 35.5 Å². The van der Waals surface area contributed by atoms with Crippen LogP contribution in [0.15, 0.2) is 0 Å². The fourth-order valence-electron chi connectivity index (χ4n) is 0.799. The molecular formula is C6H11N3NaO4. The number of nitrogens with one attached hydrogen (secondary N) is 1. The first-order valence-electron chi connectivity index (χ1n) is 3.50. The summed E-state index contributed by atoms with van der Waals surface area (Å²) in [6.45, 7) is 0. The molecule has 14 heavy (non-hydrogen) atoms. The van der Waals surface area contributed by atoms with Gasteiger partial charge in [-0.3, -0.25) is 4.79 Å². The summed E-state index contributed by atoms with van der Waals surface area (Å²) in [5.41, 5.74) is 8.50. The van der Waals surface area contributed by atoms with Crippen LogP contribution in [0, 0.1) is 0 Å². The van der Waals surface area contributed by atoms with Gasteiger partial charge < -0.3 is 21.9 Å². The number of nitrogens with two attached hydrogens (primary N) is 2. The van der Waals surface area contributed by atoms with Gasteiger partial charge in [0.1, 0.15) is 6.04 Å². The van der Waals surface area contributed by atoms with E-state index in [9.17, 15) is 9.59 Å². The molecule has 1 aliphatic heterocycles. The molecule has 0 unspecified atom stereocenters. The number of carboxylic acids is 1. The normalized spacial score (nSPS) is 18.3. The molecule has 6 N–H and O–H groups in total. The van der Waals surface area contributed by atoms with E-state index in [1.807, 2.05) is 0 Å². The van der Waals surface area contributed by atoms with Crippen molar-refractivity contribution in [2.75, 3.05) is 0 Å². The van der Waals surface area contributed by atoms with Gasteiger partial charge in [0.2, 0.25) is 5.91 Å². The number of carbonyl (C=O) groups excluding carboxylic acids is 2. The van der Waals surface area contributed by atoms with E-state index in [0.29, 0.717) is 12.8 Å². The third-order valence-electron chi connectivity index (χ3n) is 1.29. The summed E-state index contributed by atoms with van der Waals surface area (Å²) in [4.78, 5) is 29.5. The number of aliphatic carboxylic acids is 1. The summed E-state index contributed by atoms with van der Waals surface area (Å²) < 4.78 is 0. The van der Waals surface area contributed by atoms with Crippen molar-refractivity contribution in [3.8, 4) is 0 Å². The Morgan fingerprint density at radius 1 is 1.43 bits per heavy atom. The molecule has 3 amide bonds. The molecule has 1 aliphatic rings. The van der Waals surface area contributed by atoms with Gasteiger partial charge >= 0.3 is 12.0 Å². The van der Waals surface area contributed by atoms with E-state index >= 15 is 0 Å². The number of primary amides is 2. The molecule has 0 aromatic rings. The van der Waals surface area contributed by atoms with E-state index in [1.165, 1.54) is 0 Å². The summed E-state index contributed by atoms with van der Waals surface area (Å²) in [5.74, 6) is -1.11. The molecule has 7 nitrogen and oxygen atoms in total. The molecule has 0 saturated carbocycles. The summed E-state index contributed by atoms with van der Waals surface area (Å²) in [6, 6.07) is -1.47. The monoisotopic (exact) mass is 212 g/mol. The minimum absolute atomic E-state index is 0. The Morgan fingerprint density at radius 3 is 2.00 bits per heavy atom. The van der Waals surface area contributed by atoms with Gasteiger partial charge in [0.05, 0.1) is 0 Å².